The third-order valence-corrected chi connectivity index (χ3v) is 3.27. The van der Waals surface area contributed by atoms with E-state index in [1.165, 1.54) is 11.5 Å². The van der Waals surface area contributed by atoms with Crippen LogP contribution in [0.4, 0.5) is 5.13 Å². The van der Waals surface area contributed by atoms with Crippen LogP contribution in [0.25, 0.3) is 0 Å². The second kappa shape index (κ2) is 4.87. The van der Waals surface area contributed by atoms with Gasteiger partial charge in [0, 0.05) is 24.6 Å². The lowest BCUT2D eigenvalue weighted by Gasteiger charge is -2.34. The third-order valence-electron chi connectivity index (χ3n) is 2.43. The second-order valence-corrected chi connectivity index (χ2v) is 4.33. The third kappa shape index (κ3) is 2.45. The maximum absolute atomic E-state index is 5.47. The molecule has 1 aromatic rings. The maximum atomic E-state index is 5.47. The first-order chi connectivity index (χ1) is 7.31. The zero-order chi connectivity index (χ0) is 10.7. The van der Waals surface area contributed by atoms with Gasteiger partial charge in [-0.2, -0.15) is 4.37 Å². The molecule has 0 saturated carbocycles. The predicted molar refractivity (Wildman–Crippen MR) is 60.5 cm³/mol. The largest absolute Gasteiger partial charge is 0.377 e. The van der Waals surface area contributed by atoms with Gasteiger partial charge in [-0.3, -0.25) is 0 Å². The number of nitrogens with zero attached hydrogens (tertiary/aromatic N) is 3. The van der Waals surface area contributed by atoms with Crippen LogP contribution in [-0.2, 0) is 4.74 Å². The van der Waals surface area contributed by atoms with E-state index in [0.717, 1.165) is 37.3 Å². The Bertz CT molecular complexity index is 315. The molecule has 1 aliphatic rings. The molecule has 1 N–H and O–H groups in total. The molecule has 15 heavy (non-hydrogen) atoms. The summed E-state index contributed by atoms with van der Waals surface area (Å²) in [4.78, 5) is 6.70. The van der Waals surface area contributed by atoms with Crippen molar-refractivity contribution in [2.75, 3.05) is 38.3 Å². The van der Waals surface area contributed by atoms with Crippen molar-refractivity contribution in [1.82, 2.24) is 14.7 Å². The Morgan fingerprint density at radius 2 is 2.53 bits per heavy atom. The highest BCUT2D eigenvalue weighted by Crippen LogP contribution is 2.21. The van der Waals surface area contributed by atoms with Crippen molar-refractivity contribution in [3.8, 4) is 0 Å². The summed E-state index contributed by atoms with van der Waals surface area (Å²) < 4.78 is 9.68. The summed E-state index contributed by atoms with van der Waals surface area (Å²) in [6, 6.07) is 0.371. The number of aryl methyl sites for hydroxylation is 1. The smallest absolute Gasteiger partial charge is 0.205 e. The Morgan fingerprint density at radius 3 is 3.20 bits per heavy atom. The summed E-state index contributed by atoms with van der Waals surface area (Å²) in [5.74, 6) is 0.852. The summed E-state index contributed by atoms with van der Waals surface area (Å²) in [7, 11) is 1.96. The number of rotatable bonds is 3. The fourth-order valence-corrected chi connectivity index (χ4v) is 2.49. The molecule has 84 valence electrons. The van der Waals surface area contributed by atoms with E-state index in [0.29, 0.717) is 6.04 Å². The van der Waals surface area contributed by atoms with E-state index in [4.69, 9.17) is 4.74 Å². The van der Waals surface area contributed by atoms with Gasteiger partial charge in [-0.05, 0) is 14.0 Å². The van der Waals surface area contributed by atoms with Gasteiger partial charge in [0.25, 0.3) is 0 Å². The molecule has 5 nitrogen and oxygen atoms in total. The molecule has 0 radical (unpaired) electrons. The Labute approximate surface area is 93.6 Å². The number of ether oxygens (including phenoxy) is 1. The maximum Gasteiger partial charge on any atom is 0.205 e. The van der Waals surface area contributed by atoms with Gasteiger partial charge in [0.2, 0.25) is 5.13 Å². The fraction of sp³-hybridized carbons (Fsp3) is 0.778. The number of hydrogen-bond acceptors (Lipinski definition) is 6. The fourth-order valence-electron chi connectivity index (χ4n) is 1.71. The lowest BCUT2D eigenvalue weighted by Crippen LogP contribution is -2.50. The Kier molecular flexibility index (Phi) is 3.50. The lowest BCUT2D eigenvalue weighted by molar-refractivity contribution is 0.0943. The highest BCUT2D eigenvalue weighted by atomic mass is 32.1. The van der Waals surface area contributed by atoms with Gasteiger partial charge < -0.3 is 15.0 Å². The van der Waals surface area contributed by atoms with Gasteiger partial charge in [-0.25, -0.2) is 4.98 Å². The van der Waals surface area contributed by atoms with Crippen molar-refractivity contribution < 1.29 is 4.74 Å². The molecular weight excluding hydrogens is 212 g/mol. The van der Waals surface area contributed by atoms with Gasteiger partial charge in [0.05, 0.1) is 19.3 Å². The van der Waals surface area contributed by atoms with Crippen molar-refractivity contribution in [1.29, 1.82) is 0 Å². The first kappa shape index (κ1) is 10.8. The van der Waals surface area contributed by atoms with E-state index in [9.17, 15) is 0 Å². The number of likely N-dealkylation sites (N-methyl/N-ethyl adjacent to an activating group) is 1. The highest BCUT2D eigenvalue weighted by molar-refractivity contribution is 7.09. The number of hydrogen-bond donors (Lipinski definition) is 1. The summed E-state index contributed by atoms with van der Waals surface area (Å²) in [6.07, 6.45) is 0. The van der Waals surface area contributed by atoms with E-state index in [1.807, 2.05) is 14.0 Å². The molecule has 1 aliphatic heterocycles. The minimum Gasteiger partial charge on any atom is -0.377 e. The van der Waals surface area contributed by atoms with Crippen LogP contribution in [0.5, 0.6) is 0 Å². The van der Waals surface area contributed by atoms with Crippen LogP contribution in [0.1, 0.15) is 5.82 Å². The zero-order valence-corrected chi connectivity index (χ0v) is 9.88. The number of morpholine rings is 1. The van der Waals surface area contributed by atoms with Crippen molar-refractivity contribution in [3.63, 3.8) is 0 Å². The van der Waals surface area contributed by atoms with E-state index in [-0.39, 0.29) is 0 Å². The molecule has 0 spiro atoms. The van der Waals surface area contributed by atoms with E-state index >= 15 is 0 Å². The number of anilines is 1. The van der Waals surface area contributed by atoms with Gasteiger partial charge >= 0.3 is 0 Å². The summed E-state index contributed by atoms with van der Waals surface area (Å²) in [5.41, 5.74) is 0. The van der Waals surface area contributed by atoms with Gasteiger partial charge in [0.15, 0.2) is 0 Å². The molecule has 2 rings (SSSR count). The van der Waals surface area contributed by atoms with Crippen molar-refractivity contribution in [2.45, 2.75) is 13.0 Å². The van der Waals surface area contributed by atoms with Crippen molar-refractivity contribution in [2.24, 2.45) is 0 Å². The molecule has 0 amide bonds. The van der Waals surface area contributed by atoms with Crippen LogP contribution in [0.15, 0.2) is 0 Å². The number of nitrogens with one attached hydrogen (secondary N) is 1. The summed E-state index contributed by atoms with van der Waals surface area (Å²) >= 11 is 1.47. The van der Waals surface area contributed by atoms with Gasteiger partial charge in [-0.15, -0.1) is 0 Å². The molecule has 6 heteroatoms. The normalized spacial score (nSPS) is 22.0. The van der Waals surface area contributed by atoms with E-state index < -0.39 is 0 Å². The molecule has 1 aromatic heterocycles. The molecule has 1 saturated heterocycles. The monoisotopic (exact) mass is 228 g/mol. The molecule has 2 heterocycles. The molecule has 1 unspecified atom stereocenters. The van der Waals surface area contributed by atoms with Crippen LogP contribution < -0.4 is 10.2 Å². The Morgan fingerprint density at radius 1 is 1.67 bits per heavy atom. The van der Waals surface area contributed by atoms with Crippen molar-refractivity contribution >= 4 is 16.7 Å². The van der Waals surface area contributed by atoms with Crippen LogP contribution in [0.3, 0.4) is 0 Å². The topological polar surface area (TPSA) is 50.3 Å². The van der Waals surface area contributed by atoms with Gasteiger partial charge in [0.1, 0.15) is 5.82 Å². The minimum absolute atomic E-state index is 0.371. The number of aromatic nitrogens is 2. The van der Waals surface area contributed by atoms with Crippen LogP contribution in [0, 0.1) is 6.92 Å². The average Bonchev–Trinajstić information content (AvgIpc) is 2.66. The molecule has 0 aliphatic carbocycles. The quantitative estimate of drug-likeness (QED) is 0.805. The molecule has 0 bridgehead atoms. The predicted octanol–water partition coefficient (Wildman–Crippen LogP) is 0.271. The summed E-state index contributed by atoms with van der Waals surface area (Å²) in [5, 5.41) is 4.19. The Hall–Kier alpha value is -0.720. The SMILES string of the molecule is CNCC1COCCN1c1nc(C)ns1. The average molecular weight is 228 g/mol. The van der Waals surface area contributed by atoms with Crippen LogP contribution in [-0.4, -0.2) is 48.8 Å². The minimum atomic E-state index is 0.371. The van der Waals surface area contributed by atoms with Crippen LogP contribution in [0.2, 0.25) is 0 Å². The lowest BCUT2D eigenvalue weighted by atomic mass is 10.2. The first-order valence-electron chi connectivity index (χ1n) is 5.10. The first-order valence-corrected chi connectivity index (χ1v) is 5.88. The molecule has 1 fully saturated rings. The zero-order valence-electron chi connectivity index (χ0n) is 9.06. The van der Waals surface area contributed by atoms with E-state index in [2.05, 4.69) is 19.6 Å². The van der Waals surface area contributed by atoms with Crippen molar-refractivity contribution in [3.05, 3.63) is 5.82 Å². The van der Waals surface area contributed by atoms with Crippen LogP contribution >= 0.6 is 11.5 Å². The second-order valence-electron chi connectivity index (χ2n) is 3.60. The standard InChI is InChI=1S/C9H16N4OS/c1-7-11-9(15-12-7)13-3-4-14-6-8(13)5-10-2/h8,10H,3-6H2,1-2H3. The molecule has 0 aromatic carbocycles. The molecular formula is C9H16N4OS. The highest BCUT2D eigenvalue weighted by Gasteiger charge is 2.24. The van der Waals surface area contributed by atoms with Gasteiger partial charge in [-0.1, -0.05) is 0 Å². The summed E-state index contributed by atoms with van der Waals surface area (Å²) in [6.45, 7) is 5.28. The van der Waals surface area contributed by atoms with E-state index in [1.54, 1.807) is 0 Å². The Balaban J connectivity index is 2.10. The molecule has 1 atom stereocenters.